The molecule has 1 aromatic carbocycles. The van der Waals surface area contributed by atoms with Gasteiger partial charge in [0, 0.05) is 31.9 Å². The number of aromatic nitrogens is 3. The summed E-state index contributed by atoms with van der Waals surface area (Å²) < 4.78 is 6.88. The number of hydrogen-bond acceptors (Lipinski definition) is 7. The van der Waals surface area contributed by atoms with E-state index in [1.807, 2.05) is 36.1 Å². The number of carbonyl (C=O) groups excluding carboxylic acids is 1. The normalized spacial score (nSPS) is 12.8. The molecule has 9 nitrogen and oxygen atoms in total. The number of amides is 1. The fourth-order valence-corrected chi connectivity index (χ4v) is 2.75. The van der Waals surface area contributed by atoms with Gasteiger partial charge in [0.15, 0.2) is 0 Å². The van der Waals surface area contributed by atoms with E-state index in [4.69, 9.17) is 9.84 Å². The minimum absolute atomic E-state index is 0.0355. The predicted molar refractivity (Wildman–Crippen MR) is 94.9 cm³/mol. The first-order chi connectivity index (χ1) is 12.7. The summed E-state index contributed by atoms with van der Waals surface area (Å²) in [6.07, 6.45) is 0.414. The van der Waals surface area contributed by atoms with Gasteiger partial charge in [0.05, 0.1) is 6.61 Å². The first-order valence-electron chi connectivity index (χ1n) is 8.52. The fourth-order valence-electron chi connectivity index (χ4n) is 2.75. The summed E-state index contributed by atoms with van der Waals surface area (Å²) in [5.74, 6) is 0.602. The lowest BCUT2D eigenvalue weighted by Gasteiger charge is -2.17. The number of hydrogen-bond donors (Lipinski definition) is 2. The summed E-state index contributed by atoms with van der Waals surface area (Å²) in [6, 6.07) is 7.50. The lowest BCUT2D eigenvalue weighted by atomic mass is 10.3. The molecule has 0 bridgehead atoms. The number of ether oxygens (including phenoxy) is 1. The lowest BCUT2D eigenvalue weighted by Crippen LogP contribution is -2.35. The van der Waals surface area contributed by atoms with E-state index >= 15 is 0 Å². The minimum Gasteiger partial charge on any atom is -0.494 e. The molecule has 9 heteroatoms. The standard InChI is InChI=1S/C17H21N5O4/c1-2-26-13-6-4-12(5-7-13)21-9-10-22-16(25)14(19-20-17(21)22)15(24)18-8-3-11-23/h4-7,23H,2-3,8-11H2,1H3,(H,18,24). The molecule has 0 radical (unpaired) electrons. The van der Waals surface area contributed by atoms with Crippen LogP contribution < -0.4 is 20.5 Å². The second kappa shape index (κ2) is 7.96. The SMILES string of the molecule is CCOc1ccc(N2CCn3c2nnc(C(=O)NCCCO)c3=O)cc1. The zero-order chi connectivity index (χ0) is 18.5. The molecule has 0 saturated heterocycles. The van der Waals surface area contributed by atoms with Crippen LogP contribution >= 0.6 is 0 Å². The van der Waals surface area contributed by atoms with Crippen LogP contribution in [0.15, 0.2) is 29.1 Å². The van der Waals surface area contributed by atoms with Crippen LogP contribution in [0.4, 0.5) is 11.6 Å². The van der Waals surface area contributed by atoms with E-state index in [2.05, 4.69) is 15.5 Å². The largest absolute Gasteiger partial charge is 0.494 e. The van der Waals surface area contributed by atoms with Gasteiger partial charge in [-0.05, 0) is 37.6 Å². The van der Waals surface area contributed by atoms with Crippen molar-refractivity contribution in [1.82, 2.24) is 20.1 Å². The number of rotatable bonds is 7. The topological polar surface area (TPSA) is 110 Å². The maximum atomic E-state index is 12.6. The highest BCUT2D eigenvalue weighted by atomic mass is 16.5. The van der Waals surface area contributed by atoms with Crippen LogP contribution in [0.3, 0.4) is 0 Å². The van der Waals surface area contributed by atoms with Gasteiger partial charge >= 0.3 is 0 Å². The number of aliphatic hydroxyl groups excluding tert-OH is 1. The van der Waals surface area contributed by atoms with Crippen molar-refractivity contribution in [3.05, 3.63) is 40.3 Å². The zero-order valence-corrected chi connectivity index (χ0v) is 14.5. The van der Waals surface area contributed by atoms with Gasteiger partial charge in [-0.2, -0.15) is 0 Å². The van der Waals surface area contributed by atoms with Gasteiger partial charge in [0.25, 0.3) is 11.5 Å². The van der Waals surface area contributed by atoms with Crippen LogP contribution in [0.1, 0.15) is 23.8 Å². The Kier molecular flexibility index (Phi) is 5.47. The van der Waals surface area contributed by atoms with Crippen LogP contribution in [0.2, 0.25) is 0 Å². The van der Waals surface area contributed by atoms with E-state index < -0.39 is 11.5 Å². The molecule has 0 unspecified atom stereocenters. The second-order valence-corrected chi connectivity index (χ2v) is 5.72. The molecule has 0 saturated carbocycles. The molecule has 0 spiro atoms. The van der Waals surface area contributed by atoms with Gasteiger partial charge < -0.3 is 20.1 Å². The molecular formula is C17H21N5O4. The summed E-state index contributed by atoms with van der Waals surface area (Å²) in [5.41, 5.74) is 0.165. The molecule has 2 heterocycles. The Balaban J connectivity index is 1.82. The summed E-state index contributed by atoms with van der Waals surface area (Å²) in [4.78, 5) is 26.5. The Labute approximate surface area is 150 Å². The molecule has 0 fully saturated rings. The van der Waals surface area contributed by atoms with Crippen molar-refractivity contribution in [2.24, 2.45) is 0 Å². The molecule has 26 heavy (non-hydrogen) atoms. The molecule has 2 N–H and O–H groups in total. The van der Waals surface area contributed by atoms with Crippen molar-refractivity contribution < 1.29 is 14.6 Å². The van der Waals surface area contributed by atoms with Crippen molar-refractivity contribution >= 4 is 17.5 Å². The molecule has 3 rings (SSSR count). The summed E-state index contributed by atoms with van der Waals surface area (Å²) in [5, 5.41) is 19.2. The number of carbonyl (C=O) groups is 1. The molecule has 1 aliphatic heterocycles. The quantitative estimate of drug-likeness (QED) is 0.684. The van der Waals surface area contributed by atoms with E-state index in [-0.39, 0.29) is 18.8 Å². The molecule has 1 aromatic heterocycles. The molecule has 1 aliphatic rings. The monoisotopic (exact) mass is 359 g/mol. The molecule has 1 amide bonds. The van der Waals surface area contributed by atoms with E-state index in [1.165, 1.54) is 4.57 Å². The first kappa shape index (κ1) is 17.9. The van der Waals surface area contributed by atoms with Gasteiger partial charge in [0.1, 0.15) is 5.75 Å². The molecular weight excluding hydrogens is 338 g/mol. The van der Waals surface area contributed by atoms with E-state index in [0.29, 0.717) is 32.1 Å². The van der Waals surface area contributed by atoms with Crippen LogP contribution in [0.25, 0.3) is 0 Å². The van der Waals surface area contributed by atoms with Gasteiger partial charge in [-0.25, -0.2) is 0 Å². The number of anilines is 2. The van der Waals surface area contributed by atoms with Crippen LogP contribution in [0, 0.1) is 0 Å². The Morgan fingerprint density at radius 1 is 1.27 bits per heavy atom. The number of fused-ring (bicyclic) bond motifs is 1. The van der Waals surface area contributed by atoms with Gasteiger partial charge in [-0.15, -0.1) is 10.2 Å². The zero-order valence-electron chi connectivity index (χ0n) is 14.5. The predicted octanol–water partition coefficient (Wildman–Crippen LogP) is 0.301. The average Bonchev–Trinajstić information content (AvgIpc) is 3.08. The number of nitrogens with zero attached hydrogens (tertiary/aromatic N) is 4. The summed E-state index contributed by atoms with van der Waals surface area (Å²) in [7, 11) is 0. The lowest BCUT2D eigenvalue weighted by molar-refractivity contribution is 0.0942. The fraction of sp³-hybridized carbons (Fsp3) is 0.412. The van der Waals surface area contributed by atoms with Crippen molar-refractivity contribution in [3.63, 3.8) is 0 Å². The molecule has 0 atom stereocenters. The van der Waals surface area contributed by atoms with Gasteiger partial charge in [-0.1, -0.05) is 0 Å². The van der Waals surface area contributed by atoms with Crippen molar-refractivity contribution in [3.8, 4) is 5.75 Å². The highest BCUT2D eigenvalue weighted by Crippen LogP contribution is 2.28. The van der Waals surface area contributed by atoms with Crippen LogP contribution in [0.5, 0.6) is 5.75 Å². The van der Waals surface area contributed by atoms with Crippen molar-refractivity contribution in [1.29, 1.82) is 0 Å². The second-order valence-electron chi connectivity index (χ2n) is 5.72. The van der Waals surface area contributed by atoms with Crippen molar-refractivity contribution in [2.75, 3.05) is 31.2 Å². The molecule has 138 valence electrons. The number of benzene rings is 1. The third-order valence-electron chi connectivity index (χ3n) is 4.01. The Morgan fingerprint density at radius 2 is 2.04 bits per heavy atom. The maximum absolute atomic E-state index is 12.6. The third kappa shape index (κ3) is 3.52. The Bertz CT molecular complexity index is 834. The minimum atomic E-state index is -0.578. The summed E-state index contributed by atoms with van der Waals surface area (Å²) in [6.45, 7) is 3.74. The highest BCUT2D eigenvalue weighted by Gasteiger charge is 2.27. The Morgan fingerprint density at radius 3 is 2.73 bits per heavy atom. The average molecular weight is 359 g/mol. The molecule has 0 aliphatic carbocycles. The third-order valence-corrected chi connectivity index (χ3v) is 4.01. The Hall–Kier alpha value is -2.94. The molecule has 2 aromatic rings. The van der Waals surface area contributed by atoms with Crippen molar-refractivity contribution in [2.45, 2.75) is 19.9 Å². The van der Waals surface area contributed by atoms with Gasteiger partial charge in [-0.3, -0.25) is 14.2 Å². The highest BCUT2D eigenvalue weighted by molar-refractivity contribution is 5.91. The van der Waals surface area contributed by atoms with E-state index in [0.717, 1.165) is 11.4 Å². The van der Waals surface area contributed by atoms with Crippen LogP contribution in [-0.2, 0) is 6.54 Å². The van der Waals surface area contributed by atoms with Crippen LogP contribution in [-0.4, -0.2) is 52.1 Å². The maximum Gasteiger partial charge on any atom is 0.286 e. The number of nitrogens with one attached hydrogen (secondary N) is 1. The number of aliphatic hydroxyl groups is 1. The van der Waals surface area contributed by atoms with E-state index in [1.54, 1.807) is 0 Å². The van der Waals surface area contributed by atoms with E-state index in [9.17, 15) is 9.59 Å². The van der Waals surface area contributed by atoms with Gasteiger partial charge in [0.2, 0.25) is 11.6 Å². The smallest absolute Gasteiger partial charge is 0.286 e. The summed E-state index contributed by atoms with van der Waals surface area (Å²) >= 11 is 0. The first-order valence-corrected chi connectivity index (χ1v) is 8.52.